The molecule has 1 aromatic heterocycles. The van der Waals surface area contributed by atoms with Crippen molar-refractivity contribution in [1.82, 2.24) is 24.3 Å². The van der Waals surface area contributed by atoms with Crippen molar-refractivity contribution < 1.29 is 9.59 Å². The lowest BCUT2D eigenvalue weighted by atomic mass is 10.1. The summed E-state index contributed by atoms with van der Waals surface area (Å²) in [5.74, 6) is 0.0583. The molecule has 3 heterocycles. The van der Waals surface area contributed by atoms with Gasteiger partial charge in [-0.15, -0.1) is 0 Å². The molecular formula is C26H38N8O3. The fourth-order valence-corrected chi connectivity index (χ4v) is 4.81. The number of amides is 3. The number of hydrogen-bond donors (Lipinski definition) is 3. The highest BCUT2D eigenvalue weighted by molar-refractivity contribution is 5.89. The van der Waals surface area contributed by atoms with Crippen molar-refractivity contribution in [2.75, 3.05) is 44.6 Å². The van der Waals surface area contributed by atoms with Gasteiger partial charge in [-0.1, -0.05) is 12.1 Å². The summed E-state index contributed by atoms with van der Waals surface area (Å²) in [4.78, 5) is 47.8. The number of carbonyl (C=O) groups is 2. The molecule has 200 valence electrons. The second-order valence-electron chi connectivity index (χ2n) is 10.6. The summed E-state index contributed by atoms with van der Waals surface area (Å²) >= 11 is 0. The summed E-state index contributed by atoms with van der Waals surface area (Å²) in [6, 6.07) is 9.53. The molecule has 5 N–H and O–H groups in total. The number of nitrogens with one attached hydrogen (secondary N) is 1. The minimum absolute atomic E-state index is 0.141. The zero-order valence-electron chi connectivity index (χ0n) is 21.9. The van der Waals surface area contributed by atoms with Crippen LogP contribution in [0.15, 0.2) is 35.1 Å². The van der Waals surface area contributed by atoms with Crippen LogP contribution >= 0.6 is 0 Å². The Kier molecular flexibility index (Phi) is 7.96. The maximum atomic E-state index is 12.9. The van der Waals surface area contributed by atoms with Crippen LogP contribution in [0, 0.1) is 6.92 Å². The van der Waals surface area contributed by atoms with Gasteiger partial charge in [0, 0.05) is 50.5 Å². The number of aryl methyl sites for hydroxylation is 1. The summed E-state index contributed by atoms with van der Waals surface area (Å²) < 4.78 is 1.53. The predicted octanol–water partition coefficient (Wildman–Crippen LogP) is 0.877. The largest absolute Gasteiger partial charge is 0.354 e. The van der Waals surface area contributed by atoms with Crippen LogP contribution in [0.1, 0.15) is 37.9 Å². The third-order valence-corrected chi connectivity index (χ3v) is 6.98. The molecule has 3 amide bonds. The number of nitrogens with zero attached hydrogens (tertiary/aromatic N) is 5. The minimum Gasteiger partial charge on any atom is -0.338 e. The Balaban J connectivity index is 1.37. The van der Waals surface area contributed by atoms with Crippen LogP contribution < -0.4 is 22.5 Å². The number of anilines is 1. The third kappa shape index (κ3) is 6.54. The van der Waals surface area contributed by atoms with Gasteiger partial charge in [-0.3, -0.25) is 19.6 Å². The monoisotopic (exact) mass is 510 g/mol. The van der Waals surface area contributed by atoms with E-state index < -0.39 is 11.2 Å². The van der Waals surface area contributed by atoms with Crippen LogP contribution in [0.4, 0.5) is 10.6 Å². The van der Waals surface area contributed by atoms with Crippen LogP contribution in [0.2, 0.25) is 0 Å². The summed E-state index contributed by atoms with van der Waals surface area (Å²) in [6.45, 7) is 9.57. The van der Waals surface area contributed by atoms with Gasteiger partial charge in [0.25, 0.3) is 0 Å². The van der Waals surface area contributed by atoms with E-state index in [1.807, 2.05) is 31.2 Å². The Morgan fingerprint density at radius 1 is 1.03 bits per heavy atom. The molecule has 11 heteroatoms. The zero-order valence-corrected chi connectivity index (χ0v) is 21.9. The first kappa shape index (κ1) is 26.8. The Bertz CT molecular complexity index is 1170. The highest BCUT2D eigenvalue weighted by Gasteiger charge is 2.31. The highest BCUT2D eigenvalue weighted by Crippen LogP contribution is 2.16. The van der Waals surface area contributed by atoms with Crippen molar-refractivity contribution >= 4 is 17.8 Å². The van der Waals surface area contributed by atoms with Crippen LogP contribution in [0.3, 0.4) is 0 Å². The molecule has 0 spiro atoms. The lowest BCUT2D eigenvalue weighted by molar-refractivity contribution is -0.137. The van der Waals surface area contributed by atoms with E-state index in [2.05, 4.69) is 15.2 Å². The normalized spacial score (nSPS) is 17.6. The second-order valence-corrected chi connectivity index (χ2v) is 10.6. The van der Waals surface area contributed by atoms with Crippen molar-refractivity contribution in [2.45, 2.75) is 51.7 Å². The van der Waals surface area contributed by atoms with Crippen molar-refractivity contribution in [2.24, 2.45) is 11.5 Å². The molecule has 0 atom stereocenters. The molecule has 0 bridgehead atoms. The molecule has 4 rings (SSSR count). The molecule has 0 saturated carbocycles. The van der Waals surface area contributed by atoms with Crippen molar-refractivity contribution in [3.63, 3.8) is 0 Å². The third-order valence-electron chi connectivity index (χ3n) is 6.98. The zero-order chi connectivity index (χ0) is 26.7. The van der Waals surface area contributed by atoms with Crippen LogP contribution in [0.5, 0.6) is 0 Å². The molecule has 0 aliphatic carbocycles. The first-order valence-electron chi connectivity index (χ1n) is 12.8. The van der Waals surface area contributed by atoms with Crippen molar-refractivity contribution in [3.8, 4) is 5.69 Å². The Hall–Kier alpha value is -3.28. The molecule has 2 aliphatic rings. The standard InChI is InChI=1S/C26H38N8O3/c1-18-16-22(29-24(36)33-14-12-32(13-15-33)23(35)26(2,3)28)30-25(37)34(18)21-6-4-19(5-7-21)17-31-10-8-20(27)9-11-31/h4-7,16,20H,8-15,17,27-28H2,1-3H3,(H,29,30,36,37). The highest BCUT2D eigenvalue weighted by atomic mass is 16.2. The number of carbonyl (C=O) groups excluding carboxylic acids is 2. The number of urea groups is 1. The lowest BCUT2D eigenvalue weighted by Crippen LogP contribution is -2.58. The van der Waals surface area contributed by atoms with Gasteiger partial charge in [0.2, 0.25) is 5.91 Å². The van der Waals surface area contributed by atoms with Gasteiger partial charge in [-0.05, 0) is 64.4 Å². The molecule has 0 radical (unpaired) electrons. The minimum atomic E-state index is -0.946. The van der Waals surface area contributed by atoms with Gasteiger partial charge in [0.05, 0.1) is 11.2 Å². The summed E-state index contributed by atoms with van der Waals surface area (Å²) in [5, 5.41) is 2.72. The van der Waals surface area contributed by atoms with Crippen LogP contribution in [-0.4, -0.2) is 87.0 Å². The molecular weight excluding hydrogens is 472 g/mol. The summed E-state index contributed by atoms with van der Waals surface area (Å²) in [6.07, 6.45) is 2.04. The molecule has 2 aliphatic heterocycles. The van der Waals surface area contributed by atoms with E-state index in [4.69, 9.17) is 11.5 Å². The molecule has 2 saturated heterocycles. The van der Waals surface area contributed by atoms with Gasteiger partial charge in [0.1, 0.15) is 5.82 Å². The van der Waals surface area contributed by atoms with E-state index in [1.54, 1.807) is 29.7 Å². The molecule has 0 unspecified atom stereocenters. The Morgan fingerprint density at radius 2 is 1.62 bits per heavy atom. The van der Waals surface area contributed by atoms with E-state index in [-0.39, 0.29) is 17.8 Å². The van der Waals surface area contributed by atoms with Crippen molar-refractivity contribution in [1.29, 1.82) is 0 Å². The topological polar surface area (TPSA) is 143 Å². The number of likely N-dealkylation sites (tertiary alicyclic amines) is 1. The van der Waals surface area contributed by atoms with E-state index in [1.165, 1.54) is 10.1 Å². The average molecular weight is 511 g/mol. The predicted molar refractivity (Wildman–Crippen MR) is 142 cm³/mol. The number of piperidine rings is 1. The number of aromatic nitrogens is 2. The molecule has 11 nitrogen and oxygen atoms in total. The quantitative estimate of drug-likeness (QED) is 0.542. The Labute approximate surface area is 217 Å². The second kappa shape index (κ2) is 11.0. The van der Waals surface area contributed by atoms with Crippen LogP contribution in [0.25, 0.3) is 5.69 Å². The van der Waals surface area contributed by atoms with Gasteiger partial charge < -0.3 is 21.3 Å². The number of nitrogens with two attached hydrogens (primary N) is 2. The van der Waals surface area contributed by atoms with E-state index in [0.717, 1.165) is 38.2 Å². The smallest absolute Gasteiger partial charge is 0.338 e. The van der Waals surface area contributed by atoms with Crippen LogP contribution in [-0.2, 0) is 11.3 Å². The number of piperazine rings is 1. The fraction of sp³-hybridized carbons (Fsp3) is 0.538. The number of rotatable bonds is 5. The average Bonchev–Trinajstić information content (AvgIpc) is 2.85. The first-order valence-corrected chi connectivity index (χ1v) is 12.8. The number of benzene rings is 1. The van der Waals surface area contributed by atoms with E-state index >= 15 is 0 Å². The molecule has 37 heavy (non-hydrogen) atoms. The van der Waals surface area contributed by atoms with Gasteiger partial charge in [0.15, 0.2) is 0 Å². The van der Waals surface area contributed by atoms with Gasteiger partial charge in [-0.25, -0.2) is 9.59 Å². The SMILES string of the molecule is Cc1cc(NC(=O)N2CCN(C(=O)C(C)(C)N)CC2)nc(=O)n1-c1ccc(CN2CCC(N)CC2)cc1. The van der Waals surface area contributed by atoms with Crippen molar-refractivity contribution in [3.05, 3.63) is 52.1 Å². The van der Waals surface area contributed by atoms with Gasteiger partial charge in [-0.2, -0.15) is 4.98 Å². The summed E-state index contributed by atoms with van der Waals surface area (Å²) in [5.41, 5.74) is 13.1. The van der Waals surface area contributed by atoms with E-state index in [9.17, 15) is 14.4 Å². The molecule has 1 aromatic carbocycles. The Morgan fingerprint density at radius 3 is 2.19 bits per heavy atom. The maximum absolute atomic E-state index is 12.9. The van der Waals surface area contributed by atoms with Gasteiger partial charge >= 0.3 is 11.7 Å². The molecule has 2 fully saturated rings. The maximum Gasteiger partial charge on any atom is 0.354 e. The molecule has 2 aromatic rings. The number of hydrogen-bond acceptors (Lipinski definition) is 7. The summed E-state index contributed by atoms with van der Waals surface area (Å²) in [7, 11) is 0. The first-order chi connectivity index (χ1) is 17.5. The van der Waals surface area contributed by atoms with E-state index in [0.29, 0.717) is 37.9 Å². The fourth-order valence-electron chi connectivity index (χ4n) is 4.81. The lowest BCUT2D eigenvalue weighted by Gasteiger charge is -2.37.